The third-order valence-corrected chi connectivity index (χ3v) is 7.48. The molecule has 1 aliphatic rings. The lowest BCUT2D eigenvalue weighted by molar-refractivity contribution is -0.160. The van der Waals surface area contributed by atoms with Crippen molar-refractivity contribution in [2.24, 2.45) is 5.41 Å². The van der Waals surface area contributed by atoms with E-state index >= 15 is 0 Å². The monoisotopic (exact) mass is 541 g/mol. The normalized spacial score (nSPS) is 16.3. The maximum absolute atomic E-state index is 12.6. The molecule has 0 aliphatic carbocycles. The van der Waals surface area contributed by atoms with Gasteiger partial charge in [0.1, 0.15) is 11.5 Å². The van der Waals surface area contributed by atoms with Crippen LogP contribution in [0.1, 0.15) is 76.1 Å². The average molecular weight is 542 g/mol. The Hall–Kier alpha value is -3.78. The minimum absolute atomic E-state index is 0.227. The first-order valence-corrected chi connectivity index (χ1v) is 14.0. The van der Waals surface area contributed by atoms with Crippen LogP contribution >= 0.6 is 0 Å². The van der Waals surface area contributed by atoms with Crippen molar-refractivity contribution >= 4 is 17.4 Å². The van der Waals surface area contributed by atoms with Crippen LogP contribution in [0.15, 0.2) is 54.6 Å². The van der Waals surface area contributed by atoms with Crippen LogP contribution in [0, 0.1) is 12.3 Å². The number of rotatable bonds is 7. The van der Waals surface area contributed by atoms with Crippen molar-refractivity contribution in [1.29, 1.82) is 0 Å². The van der Waals surface area contributed by atoms with E-state index in [4.69, 9.17) is 19.8 Å². The number of aliphatic carboxylic acids is 1. The zero-order valence-electron chi connectivity index (χ0n) is 24.3. The molecule has 0 saturated carbocycles. The summed E-state index contributed by atoms with van der Waals surface area (Å²) in [6.45, 7) is 13.6. The SMILES string of the molecule is Cc1nc2cc(-c3cccc(Cc4ccccc4)n3)nn2c(N2CCC(C)(C)CC2)c1[C@H](OC(C)(C)C)C(=O)O. The molecule has 0 bridgehead atoms. The summed E-state index contributed by atoms with van der Waals surface area (Å²) in [7, 11) is 0. The Morgan fingerprint density at radius 2 is 1.73 bits per heavy atom. The molecule has 8 nitrogen and oxygen atoms in total. The van der Waals surface area contributed by atoms with Crippen LogP contribution in [0.25, 0.3) is 17.0 Å². The Bertz CT molecular complexity index is 1510. The third-order valence-electron chi connectivity index (χ3n) is 7.48. The molecule has 40 heavy (non-hydrogen) atoms. The van der Waals surface area contributed by atoms with E-state index in [2.05, 4.69) is 30.9 Å². The Balaban J connectivity index is 1.63. The van der Waals surface area contributed by atoms with Gasteiger partial charge in [-0.3, -0.25) is 4.98 Å². The number of piperidine rings is 1. The van der Waals surface area contributed by atoms with Crippen LogP contribution in [0.2, 0.25) is 0 Å². The quantitative estimate of drug-likeness (QED) is 0.295. The van der Waals surface area contributed by atoms with Crippen LogP contribution in [0.3, 0.4) is 0 Å². The predicted octanol–water partition coefficient (Wildman–Crippen LogP) is 6.26. The summed E-state index contributed by atoms with van der Waals surface area (Å²) in [5, 5.41) is 15.3. The molecule has 0 unspecified atom stereocenters. The Morgan fingerprint density at radius 1 is 1.02 bits per heavy atom. The first-order valence-electron chi connectivity index (χ1n) is 14.0. The molecule has 1 N–H and O–H groups in total. The van der Waals surface area contributed by atoms with Crippen molar-refractivity contribution in [2.45, 2.75) is 72.5 Å². The first kappa shape index (κ1) is 27.8. The molecule has 3 aromatic heterocycles. The number of carboxylic acid groups (broad SMARTS) is 1. The fourth-order valence-corrected chi connectivity index (χ4v) is 5.29. The molecule has 0 amide bonds. The Kier molecular flexibility index (Phi) is 7.40. The van der Waals surface area contributed by atoms with Crippen molar-refractivity contribution in [3.8, 4) is 11.4 Å². The van der Waals surface area contributed by atoms with Gasteiger partial charge in [-0.05, 0) is 63.6 Å². The summed E-state index contributed by atoms with van der Waals surface area (Å²) in [5.41, 5.74) is 4.99. The number of nitrogens with zero attached hydrogens (tertiary/aromatic N) is 5. The van der Waals surface area contributed by atoms with Crippen molar-refractivity contribution in [3.63, 3.8) is 0 Å². The predicted molar refractivity (Wildman–Crippen MR) is 157 cm³/mol. The second-order valence-electron chi connectivity index (χ2n) is 12.5. The van der Waals surface area contributed by atoms with Crippen LogP contribution in [-0.2, 0) is 16.0 Å². The summed E-state index contributed by atoms with van der Waals surface area (Å²) in [6.07, 6.45) is 1.53. The van der Waals surface area contributed by atoms with E-state index < -0.39 is 17.7 Å². The zero-order chi connectivity index (χ0) is 28.7. The number of benzene rings is 1. The molecule has 1 atom stereocenters. The Labute approximate surface area is 236 Å². The van der Waals surface area contributed by atoms with Gasteiger partial charge in [-0.15, -0.1) is 0 Å². The zero-order valence-corrected chi connectivity index (χ0v) is 24.3. The summed E-state index contributed by atoms with van der Waals surface area (Å²) in [4.78, 5) is 24.6. The molecule has 0 radical (unpaired) electrons. The molecule has 1 saturated heterocycles. The molecule has 5 rings (SSSR count). The highest BCUT2D eigenvalue weighted by Crippen LogP contribution is 2.39. The number of aromatic nitrogens is 4. The number of aryl methyl sites for hydroxylation is 1. The second-order valence-corrected chi connectivity index (χ2v) is 12.5. The van der Waals surface area contributed by atoms with Gasteiger partial charge in [-0.25, -0.2) is 9.78 Å². The molecule has 4 aromatic rings. The van der Waals surface area contributed by atoms with E-state index in [1.165, 1.54) is 5.56 Å². The van der Waals surface area contributed by atoms with Gasteiger partial charge in [0.25, 0.3) is 0 Å². The number of pyridine rings is 1. The van der Waals surface area contributed by atoms with E-state index in [0.29, 0.717) is 22.6 Å². The van der Waals surface area contributed by atoms with E-state index in [1.807, 2.05) is 70.2 Å². The minimum atomic E-state index is -1.18. The molecule has 210 valence electrons. The molecule has 8 heteroatoms. The van der Waals surface area contributed by atoms with Crippen molar-refractivity contribution in [3.05, 3.63) is 77.1 Å². The molecular weight excluding hydrogens is 502 g/mol. The van der Waals surface area contributed by atoms with Crippen molar-refractivity contribution in [1.82, 2.24) is 19.6 Å². The lowest BCUT2D eigenvalue weighted by atomic mass is 9.82. The Morgan fingerprint density at radius 3 is 2.38 bits per heavy atom. The van der Waals surface area contributed by atoms with E-state index in [9.17, 15) is 9.90 Å². The van der Waals surface area contributed by atoms with Crippen LogP contribution in [0.5, 0.6) is 0 Å². The summed E-state index contributed by atoms with van der Waals surface area (Å²) in [5.74, 6) is -0.304. The maximum atomic E-state index is 12.6. The maximum Gasteiger partial charge on any atom is 0.337 e. The van der Waals surface area contributed by atoms with Crippen molar-refractivity contribution in [2.75, 3.05) is 18.0 Å². The molecule has 1 aliphatic heterocycles. The highest BCUT2D eigenvalue weighted by molar-refractivity contribution is 5.78. The fraction of sp³-hybridized carbons (Fsp3) is 0.438. The largest absolute Gasteiger partial charge is 0.479 e. The number of fused-ring (bicyclic) bond motifs is 1. The number of carboxylic acids is 1. The smallest absolute Gasteiger partial charge is 0.337 e. The van der Waals surface area contributed by atoms with Crippen LogP contribution in [0.4, 0.5) is 5.82 Å². The number of hydrogen-bond donors (Lipinski definition) is 1. The third kappa shape index (κ3) is 6.02. The standard InChI is InChI=1S/C32H39N5O3/c1-21-27(28(30(38)39)40-31(2,3)4)29(36-17-15-32(5,6)16-18-36)37-26(33-21)20-25(35-37)24-14-10-13-23(34-24)19-22-11-8-7-9-12-22/h7-14,20,28H,15-19H2,1-6H3,(H,38,39)/t28-/m0/s1. The van der Waals surface area contributed by atoms with Gasteiger partial charge in [-0.2, -0.15) is 9.61 Å². The van der Waals surface area contributed by atoms with E-state index in [0.717, 1.165) is 49.6 Å². The van der Waals surface area contributed by atoms with Gasteiger partial charge in [0.15, 0.2) is 11.8 Å². The van der Waals surface area contributed by atoms with Gasteiger partial charge in [-0.1, -0.05) is 50.2 Å². The molecular formula is C32H39N5O3. The van der Waals surface area contributed by atoms with Gasteiger partial charge in [0.2, 0.25) is 0 Å². The molecule has 4 heterocycles. The number of carbonyl (C=O) groups is 1. The molecule has 0 spiro atoms. The van der Waals surface area contributed by atoms with Gasteiger partial charge in [0.05, 0.1) is 16.9 Å². The molecule has 1 aromatic carbocycles. The van der Waals surface area contributed by atoms with Gasteiger partial charge in [0, 0.05) is 37.0 Å². The minimum Gasteiger partial charge on any atom is -0.479 e. The van der Waals surface area contributed by atoms with Crippen LogP contribution < -0.4 is 4.90 Å². The number of hydrogen-bond acceptors (Lipinski definition) is 6. The lowest BCUT2D eigenvalue weighted by Gasteiger charge is -2.39. The number of anilines is 1. The lowest BCUT2D eigenvalue weighted by Crippen LogP contribution is -2.40. The second kappa shape index (κ2) is 10.7. The summed E-state index contributed by atoms with van der Waals surface area (Å²) >= 11 is 0. The average Bonchev–Trinajstić information content (AvgIpc) is 3.31. The fourth-order valence-electron chi connectivity index (χ4n) is 5.29. The highest BCUT2D eigenvalue weighted by Gasteiger charge is 2.36. The van der Waals surface area contributed by atoms with E-state index in [1.54, 1.807) is 4.52 Å². The van der Waals surface area contributed by atoms with Gasteiger partial charge < -0.3 is 14.7 Å². The van der Waals surface area contributed by atoms with Gasteiger partial charge >= 0.3 is 5.97 Å². The molecule has 1 fully saturated rings. The summed E-state index contributed by atoms with van der Waals surface area (Å²) < 4.78 is 7.93. The summed E-state index contributed by atoms with van der Waals surface area (Å²) in [6, 6.07) is 18.2. The van der Waals surface area contributed by atoms with Crippen LogP contribution in [-0.4, -0.2) is 49.3 Å². The van der Waals surface area contributed by atoms with Crippen molar-refractivity contribution < 1.29 is 14.6 Å². The highest BCUT2D eigenvalue weighted by atomic mass is 16.5. The topological polar surface area (TPSA) is 92.9 Å². The number of ether oxygens (including phenoxy) is 1. The first-order chi connectivity index (χ1) is 18.9. The van der Waals surface area contributed by atoms with E-state index in [-0.39, 0.29) is 5.41 Å².